The second-order valence-corrected chi connectivity index (χ2v) is 4.83. The second kappa shape index (κ2) is 7.96. The fraction of sp³-hybridized carbons (Fsp3) is 0.235. The topological polar surface area (TPSA) is 86.8 Å². The lowest BCUT2D eigenvalue weighted by molar-refractivity contribution is -0.123. The van der Waals surface area contributed by atoms with Gasteiger partial charge in [-0.05, 0) is 25.1 Å². The van der Waals surface area contributed by atoms with Crippen LogP contribution in [0.3, 0.4) is 0 Å². The van der Waals surface area contributed by atoms with Crippen molar-refractivity contribution in [2.75, 3.05) is 19.5 Å². The van der Waals surface area contributed by atoms with Gasteiger partial charge in [0.2, 0.25) is 5.88 Å². The first-order valence-corrected chi connectivity index (χ1v) is 7.20. The highest BCUT2D eigenvalue weighted by Crippen LogP contribution is 2.23. The molecule has 0 spiro atoms. The van der Waals surface area contributed by atoms with Gasteiger partial charge in [0.1, 0.15) is 5.75 Å². The zero-order valence-electron chi connectivity index (χ0n) is 13.6. The lowest BCUT2D eigenvalue weighted by atomic mass is 10.2. The van der Waals surface area contributed by atoms with Crippen LogP contribution < -0.4 is 14.8 Å². The van der Waals surface area contributed by atoms with Crippen molar-refractivity contribution in [2.24, 2.45) is 0 Å². The Labute approximate surface area is 139 Å². The van der Waals surface area contributed by atoms with Crippen molar-refractivity contribution in [3.63, 3.8) is 0 Å². The van der Waals surface area contributed by atoms with Crippen LogP contribution in [0.4, 0.5) is 5.69 Å². The van der Waals surface area contributed by atoms with Crippen LogP contribution in [-0.2, 0) is 9.53 Å². The molecular formula is C17H18N2O5. The van der Waals surface area contributed by atoms with Gasteiger partial charge in [-0.2, -0.15) is 0 Å². The molecule has 0 radical (unpaired) electrons. The molecule has 7 nitrogen and oxygen atoms in total. The van der Waals surface area contributed by atoms with Gasteiger partial charge in [-0.3, -0.25) is 4.79 Å². The van der Waals surface area contributed by atoms with Crippen LogP contribution in [0.1, 0.15) is 17.3 Å². The number of anilines is 1. The molecule has 0 aliphatic rings. The number of nitrogens with one attached hydrogen (secondary N) is 1. The normalized spacial score (nSPS) is 11.3. The molecule has 1 unspecified atom stereocenters. The van der Waals surface area contributed by atoms with Crippen molar-refractivity contribution < 1.29 is 23.8 Å². The Bertz CT molecular complexity index is 715. The monoisotopic (exact) mass is 330 g/mol. The smallest absolute Gasteiger partial charge is 0.340 e. The fourth-order valence-electron chi connectivity index (χ4n) is 1.89. The van der Waals surface area contributed by atoms with E-state index in [4.69, 9.17) is 14.2 Å². The maximum absolute atomic E-state index is 12.2. The highest BCUT2D eigenvalue weighted by molar-refractivity contribution is 5.98. The lowest BCUT2D eigenvalue weighted by Crippen LogP contribution is -2.30. The number of methoxy groups -OCH3 is 2. The van der Waals surface area contributed by atoms with E-state index in [1.54, 1.807) is 24.3 Å². The summed E-state index contributed by atoms with van der Waals surface area (Å²) in [5.41, 5.74) is 0.728. The lowest BCUT2D eigenvalue weighted by Gasteiger charge is -2.15. The minimum Gasteiger partial charge on any atom is -0.495 e. The molecule has 2 rings (SSSR count). The van der Waals surface area contributed by atoms with Crippen LogP contribution in [0.5, 0.6) is 11.6 Å². The number of carbonyl (C=O) groups is 2. The highest BCUT2D eigenvalue weighted by Gasteiger charge is 2.20. The van der Waals surface area contributed by atoms with Crippen LogP contribution in [-0.4, -0.2) is 37.2 Å². The first-order chi connectivity index (χ1) is 11.5. The van der Waals surface area contributed by atoms with Crippen molar-refractivity contribution in [3.05, 3.63) is 48.2 Å². The summed E-state index contributed by atoms with van der Waals surface area (Å²) in [6.45, 7) is 1.49. The predicted octanol–water partition coefficient (Wildman–Crippen LogP) is 2.28. The molecule has 1 atom stereocenters. The van der Waals surface area contributed by atoms with Crippen LogP contribution >= 0.6 is 0 Å². The number of ether oxygens (including phenoxy) is 3. The Morgan fingerprint density at radius 3 is 2.46 bits per heavy atom. The van der Waals surface area contributed by atoms with Crippen molar-refractivity contribution >= 4 is 17.6 Å². The Balaban J connectivity index is 1.98. The first-order valence-electron chi connectivity index (χ1n) is 7.20. The fourth-order valence-corrected chi connectivity index (χ4v) is 1.89. The number of esters is 1. The van der Waals surface area contributed by atoms with Crippen LogP contribution in [0.2, 0.25) is 0 Å². The molecule has 0 bridgehead atoms. The number of pyridine rings is 1. The molecule has 1 heterocycles. The van der Waals surface area contributed by atoms with E-state index >= 15 is 0 Å². The number of carbonyl (C=O) groups excluding carboxylic acids is 2. The Morgan fingerprint density at radius 1 is 1.08 bits per heavy atom. The van der Waals surface area contributed by atoms with Crippen molar-refractivity contribution in [1.29, 1.82) is 0 Å². The third kappa shape index (κ3) is 4.22. The van der Waals surface area contributed by atoms with E-state index in [0.717, 1.165) is 0 Å². The van der Waals surface area contributed by atoms with E-state index < -0.39 is 18.0 Å². The Morgan fingerprint density at radius 2 is 1.83 bits per heavy atom. The van der Waals surface area contributed by atoms with Crippen molar-refractivity contribution in [2.45, 2.75) is 13.0 Å². The summed E-state index contributed by atoms with van der Waals surface area (Å²) in [6.07, 6.45) is 0.343. The maximum Gasteiger partial charge on any atom is 0.340 e. The van der Waals surface area contributed by atoms with Gasteiger partial charge in [0.05, 0.1) is 25.5 Å². The number of hydrogen-bond donors (Lipinski definition) is 1. The predicted molar refractivity (Wildman–Crippen MR) is 87.3 cm³/mol. The number of benzene rings is 1. The molecule has 24 heavy (non-hydrogen) atoms. The summed E-state index contributed by atoms with van der Waals surface area (Å²) in [7, 11) is 2.98. The summed E-state index contributed by atoms with van der Waals surface area (Å²) in [5, 5.41) is 2.66. The summed E-state index contributed by atoms with van der Waals surface area (Å²) in [4.78, 5) is 28.1. The van der Waals surface area contributed by atoms with Gasteiger partial charge >= 0.3 is 5.97 Å². The van der Waals surface area contributed by atoms with E-state index in [1.165, 1.54) is 39.5 Å². The summed E-state index contributed by atoms with van der Waals surface area (Å²) < 4.78 is 15.2. The van der Waals surface area contributed by atoms with E-state index in [-0.39, 0.29) is 5.56 Å². The average Bonchev–Trinajstić information content (AvgIpc) is 2.62. The Hall–Kier alpha value is -3.09. The molecule has 0 aliphatic carbocycles. The molecule has 1 N–H and O–H groups in total. The Kier molecular flexibility index (Phi) is 5.73. The number of rotatable bonds is 6. The number of para-hydroxylation sites is 2. The average molecular weight is 330 g/mol. The van der Waals surface area contributed by atoms with E-state index in [2.05, 4.69) is 10.3 Å². The number of nitrogens with zero attached hydrogens (tertiary/aromatic N) is 1. The molecule has 1 aromatic carbocycles. The maximum atomic E-state index is 12.2. The quantitative estimate of drug-likeness (QED) is 0.818. The number of amides is 1. The minimum atomic E-state index is -0.982. The minimum absolute atomic E-state index is 0.229. The van der Waals surface area contributed by atoms with Crippen LogP contribution in [0.25, 0.3) is 0 Å². The molecule has 126 valence electrons. The molecular weight excluding hydrogens is 312 g/mol. The number of hydrogen-bond acceptors (Lipinski definition) is 6. The third-order valence-electron chi connectivity index (χ3n) is 3.20. The molecule has 0 saturated carbocycles. The zero-order chi connectivity index (χ0) is 17.5. The SMILES string of the molecule is COc1ccc(C(=O)OC(C)C(=O)Nc2ccccc2OC)cn1. The van der Waals surface area contributed by atoms with Crippen LogP contribution in [0, 0.1) is 0 Å². The van der Waals surface area contributed by atoms with E-state index in [1.807, 2.05) is 0 Å². The first kappa shape index (κ1) is 17.3. The summed E-state index contributed by atoms with van der Waals surface area (Å²) in [6, 6.07) is 10.0. The molecule has 0 saturated heterocycles. The summed E-state index contributed by atoms with van der Waals surface area (Å²) in [5.74, 6) is -0.209. The molecule has 2 aromatic rings. The largest absolute Gasteiger partial charge is 0.495 e. The molecule has 0 fully saturated rings. The second-order valence-electron chi connectivity index (χ2n) is 4.83. The third-order valence-corrected chi connectivity index (χ3v) is 3.20. The molecule has 1 amide bonds. The molecule has 7 heteroatoms. The standard InChI is InChI=1S/C17H18N2O5/c1-11(16(20)19-13-6-4-5-7-14(13)22-2)24-17(21)12-8-9-15(23-3)18-10-12/h4-11H,1-3H3,(H,19,20). The van der Waals surface area contributed by atoms with Gasteiger partial charge in [-0.1, -0.05) is 12.1 Å². The zero-order valence-corrected chi connectivity index (χ0v) is 13.6. The van der Waals surface area contributed by atoms with E-state index in [9.17, 15) is 9.59 Å². The van der Waals surface area contributed by atoms with E-state index in [0.29, 0.717) is 17.3 Å². The van der Waals surface area contributed by atoms with Crippen LogP contribution in [0.15, 0.2) is 42.6 Å². The molecule has 0 aliphatic heterocycles. The van der Waals surface area contributed by atoms with Gasteiger partial charge < -0.3 is 19.5 Å². The van der Waals surface area contributed by atoms with Gasteiger partial charge in [-0.15, -0.1) is 0 Å². The van der Waals surface area contributed by atoms with Gasteiger partial charge in [0.25, 0.3) is 5.91 Å². The highest BCUT2D eigenvalue weighted by atomic mass is 16.5. The molecule has 1 aromatic heterocycles. The van der Waals surface area contributed by atoms with Crippen molar-refractivity contribution in [3.8, 4) is 11.6 Å². The number of aromatic nitrogens is 1. The van der Waals surface area contributed by atoms with Gasteiger partial charge in [-0.25, -0.2) is 9.78 Å². The van der Waals surface area contributed by atoms with Crippen molar-refractivity contribution in [1.82, 2.24) is 4.98 Å². The summed E-state index contributed by atoms with van der Waals surface area (Å²) >= 11 is 0. The van der Waals surface area contributed by atoms with Gasteiger partial charge in [0, 0.05) is 12.3 Å². The van der Waals surface area contributed by atoms with Gasteiger partial charge in [0.15, 0.2) is 6.10 Å².